The second-order valence-corrected chi connectivity index (χ2v) is 4.94. The van der Waals surface area contributed by atoms with Gasteiger partial charge in [-0.1, -0.05) is 22.9 Å². The molecule has 1 aliphatic rings. The number of nitrogens with two attached hydrogens (primary N) is 1. The van der Waals surface area contributed by atoms with Gasteiger partial charge in [0.05, 0.1) is 5.33 Å². The van der Waals surface area contributed by atoms with Crippen LogP contribution in [0.5, 0.6) is 0 Å². The molecule has 0 aliphatic carbocycles. The van der Waals surface area contributed by atoms with Gasteiger partial charge in [-0.25, -0.2) is 0 Å². The zero-order valence-corrected chi connectivity index (χ0v) is 11.9. The highest BCUT2D eigenvalue weighted by Crippen LogP contribution is 2.20. The van der Waals surface area contributed by atoms with Gasteiger partial charge in [0.15, 0.2) is 0 Å². The van der Waals surface area contributed by atoms with E-state index in [1.54, 1.807) is 0 Å². The normalized spacial score (nSPS) is 20.9. The van der Waals surface area contributed by atoms with Crippen LogP contribution in [0.4, 0.5) is 0 Å². The molecule has 102 valence electrons. The van der Waals surface area contributed by atoms with E-state index in [1.165, 1.54) is 4.90 Å². The third-order valence-corrected chi connectivity index (χ3v) is 3.55. The Morgan fingerprint density at radius 2 is 2.28 bits per heavy atom. The summed E-state index contributed by atoms with van der Waals surface area (Å²) in [6, 6.07) is -0.533. The van der Waals surface area contributed by atoms with Crippen LogP contribution in [-0.4, -0.2) is 47.1 Å². The van der Waals surface area contributed by atoms with Gasteiger partial charge in [0, 0.05) is 25.4 Å². The van der Waals surface area contributed by atoms with Gasteiger partial charge in [0.2, 0.25) is 17.7 Å². The molecule has 1 saturated heterocycles. The molecule has 7 heteroatoms. The highest BCUT2D eigenvalue weighted by molar-refractivity contribution is 9.09. The first-order valence-electron chi connectivity index (χ1n) is 5.91. The van der Waals surface area contributed by atoms with Crippen LogP contribution in [0.1, 0.15) is 19.8 Å². The smallest absolute Gasteiger partial charge is 0.240 e. The molecule has 0 saturated carbocycles. The molecule has 0 radical (unpaired) electrons. The Balaban J connectivity index is 2.53. The van der Waals surface area contributed by atoms with Crippen LogP contribution < -0.4 is 11.1 Å². The van der Waals surface area contributed by atoms with Gasteiger partial charge < -0.3 is 16.0 Å². The number of hydrogen-bond acceptors (Lipinski definition) is 3. The number of alkyl halides is 1. The number of nitrogens with one attached hydrogen (secondary N) is 1. The van der Waals surface area contributed by atoms with Crippen molar-refractivity contribution in [2.24, 2.45) is 11.7 Å². The molecule has 1 aliphatic heterocycles. The van der Waals surface area contributed by atoms with Crippen molar-refractivity contribution in [1.82, 2.24) is 10.2 Å². The van der Waals surface area contributed by atoms with Gasteiger partial charge in [-0.05, 0) is 6.42 Å². The zero-order chi connectivity index (χ0) is 13.7. The average Bonchev–Trinajstić information content (AvgIpc) is 2.68. The lowest BCUT2D eigenvalue weighted by Crippen LogP contribution is -2.45. The minimum absolute atomic E-state index is 0.0499. The van der Waals surface area contributed by atoms with Crippen LogP contribution in [0.15, 0.2) is 0 Å². The van der Waals surface area contributed by atoms with Crippen molar-refractivity contribution in [3.63, 3.8) is 0 Å². The molecule has 1 rings (SSSR count). The van der Waals surface area contributed by atoms with Crippen molar-refractivity contribution >= 4 is 33.7 Å². The molecule has 0 spiro atoms. The van der Waals surface area contributed by atoms with Crippen molar-refractivity contribution in [2.75, 3.05) is 18.4 Å². The highest BCUT2D eigenvalue weighted by atomic mass is 79.9. The Morgan fingerprint density at radius 1 is 1.61 bits per heavy atom. The Labute approximate surface area is 114 Å². The second-order valence-electron chi connectivity index (χ2n) is 4.38. The number of carbonyl (C=O) groups excluding carboxylic acids is 3. The van der Waals surface area contributed by atoms with E-state index in [0.29, 0.717) is 25.9 Å². The van der Waals surface area contributed by atoms with E-state index in [0.717, 1.165) is 0 Å². The Hall–Kier alpha value is -1.11. The summed E-state index contributed by atoms with van der Waals surface area (Å²) in [6.45, 7) is 2.74. The van der Waals surface area contributed by atoms with Crippen LogP contribution in [0.25, 0.3) is 0 Å². The quantitative estimate of drug-likeness (QED) is 0.653. The summed E-state index contributed by atoms with van der Waals surface area (Å²) in [4.78, 5) is 35.7. The first kappa shape index (κ1) is 14.9. The van der Waals surface area contributed by atoms with Gasteiger partial charge in [0.25, 0.3) is 0 Å². The number of likely N-dealkylation sites (tertiary alicyclic amines) is 1. The predicted octanol–water partition coefficient (Wildman–Crippen LogP) is -0.390. The summed E-state index contributed by atoms with van der Waals surface area (Å²) >= 11 is 3.05. The molecule has 3 amide bonds. The molecule has 6 nitrogen and oxygen atoms in total. The van der Waals surface area contributed by atoms with Crippen molar-refractivity contribution in [3.05, 3.63) is 0 Å². The number of primary amides is 1. The first-order chi connectivity index (χ1) is 8.49. The molecule has 0 bridgehead atoms. The average molecular weight is 320 g/mol. The zero-order valence-electron chi connectivity index (χ0n) is 10.3. The maximum Gasteiger partial charge on any atom is 0.240 e. The largest absolute Gasteiger partial charge is 0.368 e. The lowest BCUT2D eigenvalue weighted by atomic mass is 10.1. The Kier molecular flexibility index (Phi) is 5.58. The Morgan fingerprint density at radius 3 is 2.78 bits per heavy atom. The summed E-state index contributed by atoms with van der Waals surface area (Å²) in [7, 11) is 0. The summed E-state index contributed by atoms with van der Waals surface area (Å²) in [5.41, 5.74) is 5.27. The number of nitrogens with zero attached hydrogens (tertiary/aromatic N) is 1. The maximum absolute atomic E-state index is 11.8. The minimum atomic E-state index is -0.533. The fraction of sp³-hybridized carbons (Fsp3) is 0.727. The van der Waals surface area contributed by atoms with E-state index >= 15 is 0 Å². The Bertz CT molecular complexity index is 348. The molecule has 18 heavy (non-hydrogen) atoms. The van der Waals surface area contributed by atoms with Gasteiger partial charge in [-0.2, -0.15) is 0 Å². The molecule has 2 atom stereocenters. The van der Waals surface area contributed by atoms with Gasteiger partial charge >= 0.3 is 0 Å². The monoisotopic (exact) mass is 319 g/mol. The van der Waals surface area contributed by atoms with E-state index in [2.05, 4.69) is 21.2 Å². The van der Waals surface area contributed by atoms with E-state index in [9.17, 15) is 14.4 Å². The molecule has 0 aromatic heterocycles. The predicted molar refractivity (Wildman–Crippen MR) is 69.9 cm³/mol. The number of rotatable bonds is 6. The van der Waals surface area contributed by atoms with Crippen LogP contribution in [0, 0.1) is 5.92 Å². The summed E-state index contributed by atoms with van der Waals surface area (Å²) in [5.74, 6) is -0.605. The summed E-state index contributed by atoms with van der Waals surface area (Å²) < 4.78 is 0. The molecule has 3 N–H and O–H groups in total. The van der Waals surface area contributed by atoms with Crippen LogP contribution in [0.3, 0.4) is 0 Å². The van der Waals surface area contributed by atoms with Crippen molar-refractivity contribution in [3.8, 4) is 0 Å². The number of hydrogen-bond donors (Lipinski definition) is 2. The molecule has 2 unspecified atom stereocenters. The lowest BCUT2D eigenvalue weighted by molar-refractivity contribution is -0.136. The van der Waals surface area contributed by atoms with Gasteiger partial charge in [-0.3, -0.25) is 14.4 Å². The molecule has 1 heterocycles. The third kappa shape index (κ3) is 3.69. The van der Waals surface area contributed by atoms with Gasteiger partial charge in [0.1, 0.15) is 6.04 Å². The maximum atomic E-state index is 11.8. The van der Waals surface area contributed by atoms with E-state index in [1.807, 2.05) is 6.92 Å². The van der Waals surface area contributed by atoms with E-state index in [-0.39, 0.29) is 23.1 Å². The lowest BCUT2D eigenvalue weighted by Gasteiger charge is -2.24. The van der Waals surface area contributed by atoms with Crippen LogP contribution >= 0.6 is 15.9 Å². The van der Waals surface area contributed by atoms with Crippen molar-refractivity contribution in [1.29, 1.82) is 0 Å². The standard InChI is InChI=1S/C11H18BrN3O3/c1-2-8(11(13)18)15-6-7(3-10(15)17)5-14-9(16)4-12/h7-8H,2-6H2,1H3,(H2,13,18)(H,14,16). The summed E-state index contributed by atoms with van der Waals surface area (Å²) in [5, 5.41) is 2.97. The fourth-order valence-corrected chi connectivity index (χ4v) is 2.33. The van der Waals surface area contributed by atoms with Crippen LogP contribution in [-0.2, 0) is 14.4 Å². The van der Waals surface area contributed by atoms with Crippen molar-refractivity contribution < 1.29 is 14.4 Å². The first-order valence-corrected chi connectivity index (χ1v) is 7.03. The number of halogens is 1. The van der Waals surface area contributed by atoms with E-state index < -0.39 is 11.9 Å². The molecule has 1 fully saturated rings. The topological polar surface area (TPSA) is 92.5 Å². The number of carbonyl (C=O) groups is 3. The van der Waals surface area contributed by atoms with Gasteiger partial charge in [-0.15, -0.1) is 0 Å². The fourth-order valence-electron chi connectivity index (χ4n) is 2.13. The van der Waals surface area contributed by atoms with Crippen molar-refractivity contribution in [2.45, 2.75) is 25.8 Å². The molecular formula is C11H18BrN3O3. The summed E-state index contributed by atoms with van der Waals surface area (Å²) in [6.07, 6.45) is 0.869. The van der Waals surface area contributed by atoms with Crippen LogP contribution in [0.2, 0.25) is 0 Å². The molecule has 0 aromatic carbocycles. The minimum Gasteiger partial charge on any atom is -0.368 e. The molecular weight excluding hydrogens is 302 g/mol. The number of amides is 3. The highest BCUT2D eigenvalue weighted by Gasteiger charge is 2.35. The third-order valence-electron chi connectivity index (χ3n) is 3.04. The SMILES string of the molecule is CCC(C(N)=O)N1CC(CNC(=O)CBr)CC1=O. The van der Waals surface area contributed by atoms with E-state index in [4.69, 9.17) is 5.73 Å². The molecule has 0 aromatic rings. The second kappa shape index (κ2) is 6.72.